The minimum absolute atomic E-state index is 0.190. The van der Waals surface area contributed by atoms with Crippen LogP contribution < -0.4 is 5.73 Å². The molecule has 2 atom stereocenters. The summed E-state index contributed by atoms with van der Waals surface area (Å²) in [7, 11) is 0. The largest absolute Gasteiger partial charge is 0.366 e. The predicted octanol–water partition coefficient (Wildman–Crippen LogP) is 1.76. The number of carbonyl (C=O) groups excluding carboxylic acids is 2. The maximum absolute atomic E-state index is 11.9. The molecule has 124 valence electrons. The highest BCUT2D eigenvalue weighted by Crippen LogP contribution is 2.31. The Hall–Kier alpha value is -1.88. The van der Waals surface area contributed by atoms with Crippen LogP contribution in [0.3, 0.4) is 0 Å². The van der Waals surface area contributed by atoms with Crippen LogP contribution in [0.5, 0.6) is 0 Å². The molecule has 5 heteroatoms. The maximum Gasteiger partial charge on any atom is 0.248 e. The summed E-state index contributed by atoms with van der Waals surface area (Å²) in [6.45, 7) is 4.43. The van der Waals surface area contributed by atoms with E-state index in [1.54, 1.807) is 13.0 Å². The van der Waals surface area contributed by atoms with Crippen molar-refractivity contribution in [3.63, 3.8) is 0 Å². The second-order valence-electron chi connectivity index (χ2n) is 6.67. The summed E-state index contributed by atoms with van der Waals surface area (Å²) in [5.41, 5.74) is 7.04. The number of primary amides is 1. The van der Waals surface area contributed by atoms with Crippen molar-refractivity contribution in [2.75, 3.05) is 13.1 Å². The van der Waals surface area contributed by atoms with Gasteiger partial charge in [-0.2, -0.15) is 0 Å². The van der Waals surface area contributed by atoms with Crippen LogP contribution >= 0.6 is 0 Å². The van der Waals surface area contributed by atoms with Gasteiger partial charge >= 0.3 is 0 Å². The number of amides is 2. The van der Waals surface area contributed by atoms with Crippen LogP contribution in [0.4, 0.5) is 0 Å². The van der Waals surface area contributed by atoms with E-state index in [2.05, 4.69) is 4.90 Å². The fraction of sp³-hybridized carbons (Fsp3) is 0.556. The molecule has 0 saturated carbocycles. The molecule has 3 rings (SSSR count). The SMILES string of the molecule is CC(=O)N1CCC[C@H]1[C@H]1CCCN1Cc1cccc(C(N)=O)c1. The van der Waals surface area contributed by atoms with E-state index in [0.29, 0.717) is 17.6 Å². The zero-order valence-electron chi connectivity index (χ0n) is 13.7. The molecule has 0 radical (unpaired) electrons. The highest BCUT2D eigenvalue weighted by atomic mass is 16.2. The first-order valence-corrected chi connectivity index (χ1v) is 8.46. The van der Waals surface area contributed by atoms with Gasteiger partial charge in [-0.25, -0.2) is 0 Å². The molecule has 0 aromatic heterocycles. The van der Waals surface area contributed by atoms with Crippen LogP contribution in [0, 0.1) is 0 Å². The summed E-state index contributed by atoms with van der Waals surface area (Å²) in [6.07, 6.45) is 4.51. The van der Waals surface area contributed by atoms with E-state index in [-0.39, 0.29) is 11.8 Å². The summed E-state index contributed by atoms with van der Waals surface area (Å²) < 4.78 is 0. The van der Waals surface area contributed by atoms with Gasteiger partial charge in [0.25, 0.3) is 0 Å². The van der Waals surface area contributed by atoms with Crippen molar-refractivity contribution >= 4 is 11.8 Å². The summed E-state index contributed by atoms with van der Waals surface area (Å²) in [6, 6.07) is 8.33. The number of hydrogen-bond donors (Lipinski definition) is 1. The van der Waals surface area contributed by atoms with E-state index in [1.165, 1.54) is 6.42 Å². The van der Waals surface area contributed by atoms with Crippen molar-refractivity contribution < 1.29 is 9.59 Å². The Labute approximate surface area is 137 Å². The molecule has 1 aromatic carbocycles. The van der Waals surface area contributed by atoms with E-state index in [4.69, 9.17) is 5.73 Å². The van der Waals surface area contributed by atoms with Crippen LogP contribution in [0.1, 0.15) is 48.5 Å². The van der Waals surface area contributed by atoms with Crippen molar-refractivity contribution in [1.29, 1.82) is 0 Å². The first-order chi connectivity index (χ1) is 11.1. The fourth-order valence-electron chi connectivity index (χ4n) is 4.12. The maximum atomic E-state index is 11.9. The molecule has 2 fully saturated rings. The summed E-state index contributed by atoms with van der Waals surface area (Å²) in [5.74, 6) is -0.196. The van der Waals surface area contributed by atoms with Gasteiger partial charge in [0.2, 0.25) is 11.8 Å². The van der Waals surface area contributed by atoms with Gasteiger partial charge in [0.1, 0.15) is 0 Å². The lowest BCUT2D eigenvalue weighted by molar-refractivity contribution is -0.130. The van der Waals surface area contributed by atoms with Gasteiger partial charge in [0, 0.05) is 37.7 Å². The summed E-state index contributed by atoms with van der Waals surface area (Å²) in [4.78, 5) is 27.7. The highest BCUT2D eigenvalue weighted by molar-refractivity contribution is 5.92. The van der Waals surface area contributed by atoms with Gasteiger partial charge < -0.3 is 10.6 Å². The van der Waals surface area contributed by atoms with E-state index < -0.39 is 0 Å². The quantitative estimate of drug-likeness (QED) is 0.920. The van der Waals surface area contributed by atoms with E-state index in [1.807, 2.05) is 23.1 Å². The number of benzene rings is 1. The monoisotopic (exact) mass is 315 g/mol. The van der Waals surface area contributed by atoms with Crippen LogP contribution in [0.15, 0.2) is 24.3 Å². The zero-order valence-corrected chi connectivity index (χ0v) is 13.7. The Morgan fingerprint density at radius 2 is 1.91 bits per heavy atom. The highest BCUT2D eigenvalue weighted by Gasteiger charge is 2.38. The number of hydrogen-bond acceptors (Lipinski definition) is 3. The molecule has 2 heterocycles. The lowest BCUT2D eigenvalue weighted by Crippen LogP contribution is -2.47. The average molecular weight is 315 g/mol. The molecule has 0 bridgehead atoms. The van der Waals surface area contributed by atoms with Gasteiger partial charge in [-0.1, -0.05) is 12.1 Å². The van der Waals surface area contributed by atoms with E-state index >= 15 is 0 Å². The lowest BCUT2D eigenvalue weighted by Gasteiger charge is -2.34. The third-order valence-electron chi connectivity index (χ3n) is 5.16. The number of nitrogens with zero attached hydrogens (tertiary/aromatic N) is 2. The lowest BCUT2D eigenvalue weighted by atomic mass is 10.0. The standard InChI is InChI=1S/C18H25N3O2/c1-13(22)21-10-4-8-17(21)16-7-3-9-20(16)12-14-5-2-6-15(11-14)18(19)23/h2,5-6,11,16-17H,3-4,7-10,12H2,1H3,(H2,19,23)/t16-,17+/m1/s1. The van der Waals surface area contributed by atoms with Gasteiger partial charge in [-0.15, -0.1) is 0 Å². The third kappa shape index (κ3) is 3.39. The van der Waals surface area contributed by atoms with Gasteiger partial charge in [-0.05, 0) is 49.9 Å². The summed E-state index contributed by atoms with van der Waals surface area (Å²) in [5, 5.41) is 0. The fourth-order valence-corrected chi connectivity index (χ4v) is 4.12. The molecule has 2 saturated heterocycles. The predicted molar refractivity (Wildman–Crippen MR) is 88.8 cm³/mol. The molecule has 0 unspecified atom stereocenters. The first-order valence-electron chi connectivity index (χ1n) is 8.46. The Kier molecular flexibility index (Phi) is 4.66. The van der Waals surface area contributed by atoms with E-state index in [0.717, 1.165) is 44.5 Å². The number of nitrogens with two attached hydrogens (primary N) is 1. The molecule has 2 aliphatic heterocycles. The van der Waals surface area contributed by atoms with Crippen molar-refractivity contribution in [2.24, 2.45) is 5.73 Å². The van der Waals surface area contributed by atoms with Crippen LogP contribution in [0.2, 0.25) is 0 Å². The van der Waals surface area contributed by atoms with Gasteiger partial charge in [0.05, 0.1) is 0 Å². The van der Waals surface area contributed by atoms with Gasteiger partial charge in [-0.3, -0.25) is 14.5 Å². The molecule has 5 nitrogen and oxygen atoms in total. The van der Waals surface area contributed by atoms with Crippen molar-refractivity contribution in [1.82, 2.24) is 9.80 Å². The molecular formula is C18H25N3O2. The molecule has 2 N–H and O–H groups in total. The minimum atomic E-state index is -0.386. The van der Waals surface area contributed by atoms with Crippen molar-refractivity contribution in [3.8, 4) is 0 Å². The molecule has 2 amide bonds. The topological polar surface area (TPSA) is 66.6 Å². The Balaban J connectivity index is 1.73. The normalized spacial score (nSPS) is 25.0. The van der Waals surface area contributed by atoms with Crippen molar-refractivity contribution in [2.45, 2.75) is 51.2 Å². The van der Waals surface area contributed by atoms with Crippen molar-refractivity contribution in [3.05, 3.63) is 35.4 Å². The first kappa shape index (κ1) is 16.0. The number of rotatable bonds is 4. The molecular weight excluding hydrogens is 290 g/mol. The number of likely N-dealkylation sites (tertiary alicyclic amines) is 2. The molecule has 0 aliphatic carbocycles. The molecule has 0 spiro atoms. The van der Waals surface area contributed by atoms with Crippen LogP contribution in [0.25, 0.3) is 0 Å². The Morgan fingerprint density at radius 1 is 1.17 bits per heavy atom. The molecule has 2 aliphatic rings. The smallest absolute Gasteiger partial charge is 0.248 e. The van der Waals surface area contributed by atoms with Crippen LogP contribution in [-0.2, 0) is 11.3 Å². The second-order valence-corrected chi connectivity index (χ2v) is 6.67. The van der Waals surface area contributed by atoms with Crippen LogP contribution in [-0.4, -0.2) is 46.8 Å². The Bertz CT molecular complexity index is 602. The second kappa shape index (κ2) is 6.71. The van der Waals surface area contributed by atoms with E-state index in [9.17, 15) is 9.59 Å². The number of carbonyl (C=O) groups is 2. The minimum Gasteiger partial charge on any atom is -0.366 e. The zero-order chi connectivity index (χ0) is 16.4. The summed E-state index contributed by atoms with van der Waals surface area (Å²) >= 11 is 0. The molecule has 23 heavy (non-hydrogen) atoms. The average Bonchev–Trinajstić information content (AvgIpc) is 3.15. The third-order valence-corrected chi connectivity index (χ3v) is 5.16. The van der Waals surface area contributed by atoms with Gasteiger partial charge in [0.15, 0.2) is 0 Å². The molecule has 1 aromatic rings. The Morgan fingerprint density at radius 3 is 2.65 bits per heavy atom.